The van der Waals surface area contributed by atoms with E-state index >= 15 is 0 Å². The summed E-state index contributed by atoms with van der Waals surface area (Å²) in [6, 6.07) is 23.3. The predicted molar refractivity (Wildman–Crippen MR) is 185 cm³/mol. The number of hydrogen-bond acceptors (Lipinski definition) is 4. The summed E-state index contributed by atoms with van der Waals surface area (Å²) < 4.78 is 0. The maximum Gasteiger partial charge on any atom is 0.0481 e. The second-order valence-electron chi connectivity index (χ2n) is 11.0. The van der Waals surface area contributed by atoms with Crippen molar-refractivity contribution in [3.05, 3.63) is 82.2 Å². The Labute approximate surface area is 257 Å². The topological polar surface area (TPSA) is 0 Å². The molecule has 40 heavy (non-hydrogen) atoms. The van der Waals surface area contributed by atoms with Crippen LogP contribution in [0.25, 0.3) is 39.7 Å². The van der Waals surface area contributed by atoms with E-state index in [2.05, 4.69) is 88.4 Å². The van der Waals surface area contributed by atoms with Gasteiger partial charge in [0.05, 0.1) is 0 Å². The van der Waals surface area contributed by atoms with Crippen molar-refractivity contribution in [2.24, 2.45) is 0 Å². The summed E-state index contributed by atoms with van der Waals surface area (Å²) in [7, 11) is 0. The second kappa shape index (κ2) is 14.3. The maximum absolute atomic E-state index is 2.48. The van der Waals surface area contributed by atoms with Gasteiger partial charge in [0.15, 0.2) is 0 Å². The summed E-state index contributed by atoms with van der Waals surface area (Å²) in [5.74, 6) is 0. The van der Waals surface area contributed by atoms with Crippen LogP contribution in [0.4, 0.5) is 0 Å². The number of hydrogen-bond donors (Lipinski definition) is 0. The SMILES string of the molecule is CCCCCCc1cc(C)sc1-c1ccc(-c2ccc(-c3sc(-c4cccc(C)c4)cc3CCCCCC)s2)s1. The van der Waals surface area contributed by atoms with Crippen LogP contribution in [0, 0.1) is 13.8 Å². The van der Waals surface area contributed by atoms with Gasteiger partial charge in [-0.15, -0.1) is 45.3 Å². The second-order valence-corrected chi connectivity index (χ2v) is 15.5. The molecule has 0 saturated heterocycles. The van der Waals surface area contributed by atoms with Gasteiger partial charge in [0.1, 0.15) is 0 Å². The van der Waals surface area contributed by atoms with E-state index in [1.807, 2.05) is 45.3 Å². The van der Waals surface area contributed by atoms with Gasteiger partial charge in [-0.25, -0.2) is 0 Å². The van der Waals surface area contributed by atoms with Crippen molar-refractivity contribution in [1.29, 1.82) is 0 Å². The summed E-state index contributed by atoms with van der Waals surface area (Å²) in [4.78, 5) is 11.5. The van der Waals surface area contributed by atoms with Crippen LogP contribution in [-0.2, 0) is 12.8 Å². The standard InChI is InChI=1S/C36H42S4/c1-5-7-9-11-15-28-23-26(4)37-35(28)32-20-18-30(38-32)31-19-21-33(39-31)36-29(16-12-10-8-6-2)24-34(40-36)27-17-13-14-25(3)22-27/h13-14,17-24H,5-12,15-16H2,1-4H3. The van der Waals surface area contributed by atoms with Crippen LogP contribution in [0.15, 0.2) is 60.7 Å². The van der Waals surface area contributed by atoms with Gasteiger partial charge in [-0.3, -0.25) is 0 Å². The molecule has 0 aliphatic carbocycles. The van der Waals surface area contributed by atoms with Gasteiger partial charge in [0, 0.05) is 39.0 Å². The molecule has 210 valence electrons. The third-order valence-electron chi connectivity index (χ3n) is 7.55. The average Bonchev–Trinajstić information content (AvgIpc) is 3.75. The van der Waals surface area contributed by atoms with Crippen molar-refractivity contribution in [3.63, 3.8) is 0 Å². The average molecular weight is 603 g/mol. The molecule has 5 rings (SSSR count). The Morgan fingerprint density at radius 1 is 0.500 bits per heavy atom. The molecule has 0 radical (unpaired) electrons. The molecule has 0 aliphatic heterocycles. The molecule has 0 aliphatic rings. The minimum Gasteiger partial charge on any atom is -0.139 e. The van der Waals surface area contributed by atoms with E-state index in [9.17, 15) is 0 Å². The Bertz CT molecular complexity index is 1510. The molecule has 0 amide bonds. The fourth-order valence-electron chi connectivity index (χ4n) is 5.39. The van der Waals surface area contributed by atoms with Gasteiger partial charge in [-0.2, -0.15) is 0 Å². The summed E-state index contributed by atoms with van der Waals surface area (Å²) in [6.45, 7) is 9.04. The first-order valence-electron chi connectivity index (χ1n) is 15.1. The van der Waals surface area contributed by atoms with Crippen molar-refractivity contribution < 1.29 is 0 Å². The highest BCUT2D eigenvalue weighted by atomic mass is 32.1. The summed E-state index contributed by atoms with van der Waals surface area (Å²) in [5.41, 5.74) is 5.75. The molecule has 0 unspecified atom stereocenters. The van der Waals surface area contributed by atoms with Crippen LogP contribution in [0.5, 0.6) is 0 Å². The first kappa shape index (κ1) is 29.5. The van der Waals surface area contributed by atoms with Crippen LogP contribution in [0.2, 0.25) is 0 Å². The van der Waals surface area contributed by atoms with Crippen molar-refractivity contribution in [1.82, 2.24) is 0 Å². The van der Waals surface area contributed by atoms with Crippen molar-refractivity contribution in [2.75, 3.05) is 0 Å². The van der Waals surface area contributed by atoms with E-state index in [1.165, 1.54) is 120 Å². The largest absolute Gasteiger partial charge is 0.139 e. The predicted octanol–water partition coefficient (Wildman–Crippen LogP) is 13.5. The lowest BCUT2D eigenvalue weighted by Gasteiger charge is -2.02. The molecule has 0 nitrogen and oxygen atoms in total. The molecule has 1 aromatic carbocycles. The number of rotatable bonds is 14. The lowest BCUT2D eigenvalue weighted by Crippen LogP contribution is -1.85. The van der Waals surface area contributed by atoms with Gasteiger partial charge in [-0.1, -0.05) is 82.2 Å². The molecule has 0 saturated carbocycles. The number of unbranched alkanes of at least 4 members (excludes halogenated alkanes) is 6. The van der Waals surface area contributed by atoms with E-state index in [0.29, 0.717) is 0 Å². The maximum atomic E-state index is 2.48. The summed E-state index contributed by atoms with van der Waals surface area (Å²) in [5, 5.41) is 0. The summed E-state index contributed by atoms with van der Waals surface area (Å²) >= 11 is 7.89. The zero-order valence-electron chi connectivity index (χ0n) is 24.5. The molecule has 4 aromatic heterocycles. The molecule has 0 atom stereocenters. The lowest BCUT2D eigenvalue weighted by atomic mass is 10.0. The van der Waals surface area contributed by atoms with Gasteiger partial charge < -0.3 is 0 Å². The molecule has 0 bridgehead atoms. The Morgan fingerprint density at radius 2 is 1.07 bits per heavy atom. The highest BCUT2D eigenvalue weighted by Gasteiger charge is 2.17. The highest BCUT2D eigenvalue weighted by molar-refractivity contribution is 7.29. The van der Waals surface area contributed by atoms with Crippen LogP contribution < -0.4 is 0 Å². The molecular formula is C36H42S4. The number of aryl methyl sites for hydroxylation is 4. The summed E-state index contributed by atoms with van der Waals surface area (Å²) in [6.07, 6.45) is 12.9. The molecule has 0 spiro atoms. The Morgan fingerprint density at radius 3 is 1.68 bits per heavy atom. The number of benzene rings is 1. The zero-order valence-corrected chi connectivity index (χ0v) is 27.7. The normalized spacial score (nSPS) is 11.5. The quantitative estimate of drug-likeness (QED) is 0.111. The van der Waals surface area contributed by atoms with Gasteiger partial charge >= 0.3 is 0 Å². The smallest absolute Gasteiger partial charge is 0.0481 e. The molecule has 5 aromatic rings. The van der Waals surface area contributed by atoms with Crippen LogP contribution in [0.3, 0.4) is 0 Å². The highest BCUT2D eigenvalue weighted by Crippen LogP contribution is 2.46. The van der Waals surface area contributed by atoms with E-state index in [4.69, 9.17) is 0 Å². The van der Waals surface area contributed by atoms with Crippen LogP contribution in [-0.4, -0.2) is 0 Å². The molecule has 0 N–H and O–H groups in total. The van der Waals surface area contributed by atoms with Crippen molar-refractivity contribution in [2.45, 2.75) is 91.9 Å². The fourth-order valence-corrected chi connectivity index (χ4v) is 10.1. The first-order chi connectivity index (χ1) is 19.6. The Balaban J connectivity index is 1.39. The third-order valence-corrected chi connectivity index (χ3v) is 12.6. The van der Waals surface area contributed by atoms with Crippen LogP contribution >= 0.6 is 45.3 Å². The Kier molecular flexibility index (Phi) is 10.5. The lowest BCUT2D eigenvalue weighted by molar-refractivity contribution is 0.668. The van der Waals surface area contributed by atoms with E-state index in [-0.39, 0.29) is 0 Å². The minimum atomic E-state index is 1.17. The van der Waals surface area contributed by atoms with E-state index < -0.39 is 0 Å². The van der Waals surface area contributed by atoms with Gasteiger partial charge in [0.2, 0.25) is 0 Å². The van der Waals surface area contributed by atoms with Crippen molar-refractivity contribution >= 4 is 45.3 Å². The Hall–Kier alpha value is -1.98. The van der Waals surface area contributed by atoms with Gasteiger partial charge in [-0.05, 0) is 92.6 Å². The minimum absolute atomic E-state index is 1.17. The third kappa shape index (κ3) is 7.26. The van der Waals surface area contributed by atoms with Gasteiger partial charge in [0.25, 0.3) is 0 Å². The first-order valence-corrected chi connectivity index (χ1v) is 18.3. The fraction of sp³-hybridized carbons (Fsp3) is 0.389. The van der Waals surface area contributed by atoms with E-state index in [0.717, 1.165) is 0 Å². The monoisotopic (exact) mass is 602 g/mol. The molecule has 0 fully saturated rings. The van der Waals surface area contributed by atoms with Crippen LogP contribution in [0.1, 0.15) is 86.8 Å². The van der Waals surface area contributed by atoms with Crippen molar-refractivity contribution in [3.8, 4) is 39.7 Å². The molecule has 4 heterocycles. The van der Waals surface area contributed by atoms with E-state index in [1.54, 1.807) is 5.56 Å². The number of thiophene rings is 4. The zero-order chi connectivity index (χ0) is 27.9. The molecule has 4 heteroatoms. The molecular weight excluding hydrogens is 561 g/mol.